The van der Waals surface area contributed by atoms with Crippen LogP contribution in [0.25, 0.3) is 5.57 Å². The first-order chi connectivity index (χ1) is 14.5. The number of aliphatic hydroxyl groups is 1. The minimum absolute atomic E-state index is 0.00461. The number of amides is 2. The molecule has 0 spiro atoms. The fourth-order valence-electron chi connectivity index (χ4n) is 5.25. The minimum Gasteiger partial charge on any atom is -0.396 e. The molecule has 30 heavy (non-hydrogen) atoms. The first-order valence-corrected chi connectivity index (χ1v) is 11.6. The number of carbonyl (C=O) groups is 2. The third kappa shape index (κ3) is 3.92. The van der Waals surface area contributed by atoms with Gasteiger partial charge in [0.1, 0.15) is 5.70 Å². The van der Waals surface area contributed by atoms with Gasteiger partial charge in [0.05, 0.1) is 5.57 Å². The molecule has 0 aromatic heterocycles. The lowest BCUT2D eigenvalue weighted by atomic mass is 9.96. The molecule has 1 unspecified atom stereocenters. The van der Waals surface area contributed by atoms with Gasteiger partial charge >= 0.3 is 0 Å². The van der Waals surface area contributed by atoms with E-state index in [1.807, 2.05) is 25.1 Å². The Morgan fingerprint density at radius 2 is 1.67 bits per heavy atom. The van der Waals surface area contributed by atoms with E-state index in [2.05, 4.69) is 11.8 Å². The molecular formula is C25H34N2O3. The highest BCUT2D eigenvalue weighted by molar-refractivity contribution is 6.35. The van der Waals surface area contributed by atoms with Gasteiger partial charge < -0.3 is 10.0 Å². The van der Waals surface area contributed by atoms with Crippen LogP contribution >= 0.6 is 0 Å². The maximum absolute atomic E-state index is 13.7. The molecule has 5 heteroatoms. The van der Waals surface area contributed by atoms with E-state index in [1.54, 1.807) is 4.90 Å². The van der Waals surface area contributed by atoms with Crippen LogP contribution in [0.3, 0.4) is 0 Å². The molecule has 1 saturated heterocycles. The van der Waals surface area contributed by atoms with E-state index in [9.17, 15) is 14.7 Å². The Labute approximate surface area is 179 Å². The molecule has 2 amide bonds. The lowest BCUT2D eigenvalue weighted by Gasteiger charge is -2.34. The Morgan fingerprint density at radius 3 is 2.33 bits per heavy atom. The van der Waals surface area contributed by atoms with Crippen LogP contribution in [0.4, 0.5) is 0 Å². The van der Waals surface area contributed by atoms with Crippen LogP contribution in [0.2, 0.25) is 0 Å². The first kappa shape index (κ1) is 21.1. The average Bonchev–Trinajstić information content (AvgIpc) is 2.91. The summed E-state index contributed by atoms with van der Waals surface area (Å²) in [5.74, 6) is -0.0999. The standard InChI is InChI=1S/C25H34N2O3/c1-17-11-12-20(14-18(17)2)22-23(26-13-7-8-19(15-26)16-28)25(30)27(24(22)29)21-9-5-3-4-6-10-21/h11-12,14,19,21,28H,3-10,13,15-16H2,1-2H3. The van der Waals surface area contributed by atoms with Gasteiger partial charge in [0.15, 0.2) is 0 Å². The van der Waals surface area contributed by atoms with Crippen LogP contribution in [0.15, 0.2) is 23.9 Å². The summed E-state index contributed by atoms with van der Waals surface area (Å²) in [5, 5.41) is 9.70. The molecule has 1 aliphatic carbocycles. The summed E-state index contributed by atoms with van der Waals surface area (Å²) in [6.07, 6.45) is 8.23. The number of nitrogens with zero attached hydrogens (tertiary/aromatic N) is 2. The van der Waals surface area contributed by atoms with Gasteiger partial charge in [0.2, 0.25) is 0 Å². The predicted octanol–water partition coefficient (Wildman–Crippen LogP) is 3.81. The number of benzene rings is 1. The van der Waals surface area contributed by atoms with Crippen LogP contribution in [-0.2, 0) is 9.59 Å². The number of aryl methyl sites for hydroxylation is 2. The van der Waals surface area contributed by atoms with E-state index in [0.717, 1.165) is 56.2 Å². The lowest BCUT2D eigenvalue weighted by Crippen LogP contribution is -2.44. The number of piperidine rings is 1. The van der Waals surface area contributed by atoms with Crippen LogP contribution in [-0.4, -0.2) is 52.5 Å². The van der Waals surface area contributed by atoms with Crippen molar-refractivity contribution in [3.63, 3.8) is 0 Å². The fraction of sp³-hybridized carbons (Fsp3) is 0.600. The minimum atomic E-state index is -0.128. The number of imide groups is 1. The first-order valence-electron chi connectivity index (χ1n) is 11.6. The molecule has 1 N–H and O–H groups in total. The molecule has 2 heterocycles. The third-order valence-corrected chi connectivity index (χ3v) is 7.17. The number of hydrogen-bond donors (Lipinski definition) is 1. The number of aliphatic hydroxyl groups excluding tert-OH is 1. The van der Waals surface area contributed by atoms with Crippen LogP contribution in [0.1, 0.15) is 68.1 Å². The van der Waals surface area contributed by atoms with Crippen molar-refractivity contribution in [1.29, 1.82) is 0 Å². The van der Waals surface area contributed by atoms with Gasteiger partial charge in [-0.3, -0.25) is 14.5 Å². The van der Waals surface area contributed by atoms with E-state index >= 15 is 0 Å². The number of hydrogen-bond acceptors (Lipinski definition) is 4. The van der Waals surface area contributed by atoms with Gasteiger partial charge in [-0.1, -0.05) is 43.9 Å². The molecule has 1 atom stereocenters. The van der Waals surface area contributed by atoms with Gasteiger partial charge in [0, 0.05) is 25.7 Å². The predicted molar refractivity (Wildman–Crippen MR) is 118 cm³/mol. The Bertz CT molecular complexity index is 852. The molecule has 3 aliphatic rings. The van der Waals surface area contributed by atoms with Crippen molar-refractivity contribution < 1.29 is 14.7 Å². The average molecular weight is 411 g/mol. The largest absolute Gasteiger partial charge is 0.396 e. The summed E-state index contributed by atoms with van der Waals surface area (Å²) in [6.45, 7) is 5.63. The van der Waals surface area contributed by atoms with Gasteiger partial charge in [-0.25, -0.2) is 0 Å². The van der Waals surface area contributed by atoms with Crippen molar-refractivity contribution in [2.45, 2.75) is 71.3 Å². The summed E-state index contributed by atoms with van der Waals surface area (Å²) < 4.78 is 0. The lowest BCUT2D eigenvalue weighted by molar-refractivity contribution is -0.140. The zero-order valence-electron chi connectivity index (χ0n) is 18.3. The van der Waals surface area contributed by atoms with Gasteiger partial charge in [0.25, 0.3) is 11.8 Å². The number of rotatable bonds is 4. The quantitative estimate of drug-likeness (QED) is 0.606. The Morgan fingerprint density at radius 1 is 0.933 bits per heavy atom. The number of carbonyl (C=O) groups excluding carboxylic acids is 2. The normalized spacial score (nSPS) is 24.0. The molecule has 5 nitrogen and oxygen atoms in total. The van der Waals surface area contributed by atoms with E-state index in [4.69, 9.17) is 0 Å². The van der Waals surface area contributed by atoms with Crippen molar-refractivity contribution in [3.8, 4) is 0 Å². The van der Waals surface area contributed by atoms with E-state index in [0.29, 0.717) is 17.8 Å². The van der Waals surface area contributed by atoms with Crippen molar-refractivity contribution in [3.05, 3.63) is 40.6 Å². The van der Waals surface area contributed by atoms with E-state index in [1.165, 1.54) is 18.4 Å². The summed E-state index contributed by atoms with van der Waals surface area (Å²) >= 11 is 0. The molecule has 2 fully saturated rings. The van der Waals surface area contributed by atoms with Crippen molar-refractivity contribution in [2.24, 2.45) is 5.92 Å². The van der Waals surface area contributed by atoms with Crippen molar-refractivity contribution in [1.82, 2.24) is 9.80 Å². The Hall–Kier alpha value is -2.14. The van der Waals surface area contributed by atoms with Crippen molar-refractivity contribution in [2.75, 3.05) is 19.7 Å². The second kappa shape index (κ2) is 8.93. The second-order valence-corrected chi connectivity index (χ2v) is 9.29. The van der Waals surface area contributed by atoms with Gasteiger partial charge in [-0.05, 0) is 62.1 Å². The molecule has 0 bridgehead atoms. The molecule has 0 radical (unpaired) electrons. The SMILES string of the molecule is Cc1ccc(C2=C(N3CCCC(CO)C3)C(=O)N(C3CCCCCC3)C2=O)cc1C. The zero-order valence-corrected chi connectivity index (χ0v) is 18.3. The molecule has 2 aliphatic heterocycles. The van der Waals surface area contributed by atoms with E-state index < -0.39 is 0 Å². The Kier molecular flexibility index (Phi) is 6.28. The maximum Gasteiger partial charge on any atom is 0.278 e. The van der Waals surface area contributed by atoms with Crippen molar-refractivity contribution >= 4 is 17.4 Å². The number of likely N-dealkylation sites (tertiary alicyclic amines) is 1. The second-order valence-electron chi connectivity index (χ2n) is 9.29. The summed E-state index contributed by atoms with van der Waals surface area (Å²) in [7, 11) is 0. The van der Waals surface area contributed by atoms with Gasteiger partial charge in [-0.2, -0.15) is 0 Å². The summed E-state index contributed by atoms with van der Waals surface area (Å²) in [6, 6.07) is 6.06. The molecular weight excluding hydrogens is 376 g/mol. The summed E-state index contributed by atoms with van der Waals surface area (Å²) in [4.78, 5) is 31.1. The Balaban J connectivity index is 1.76. The highest BCUT2D eigenvalue weighted by Gasteiger charge is 2.45. The summed E-state index contributed by atoms with van der Waals surface area (Å²) in [5.41, 5.74) is 4.27. The molecule has 1 aromatic rings. The fourth-order valence-corrected chi connectivity index (χ4v) is 5.25. The zero-order chi connectivity index (χ0) is 21.3. The topological polar surface area (TPSA) is 60.9 Å². The monoisotopic (exact) mass is 410 g/mol. The van der Waals surface area contributed by atoms with Crippen LogP contribution in [0, 0.1) is 19.8 Å². The van der Waals surface area contributed by atoms with E-state index in [-0.39, 0.29) is 30.4 Å². The molecule has 162 valence electrons. The molecule has 1 saturated carbocycles. The van der Waals surface area contributed by atoms with Crippen LogP contribution in [0.5, 0.6) is 0 Å². The highest BCUT2D eigenvalue weighted by Crippen LogP contribution is 2.37. The molecule has 4 rings (SSSR count). The smallest absolute Gasteiger partial charge is 0.278 e. The van der Waals surface area contributed by atoms with Gasteiger partial charge in [-0.15, -0.1) is 0 Å². The molecule has 1 aromatic carbocycles. The maximum atomic E-state index is 13.7. The van der Waals surface area contributed by atoms with Crippen LogP contribution < -0.4 is 0 Å². The highest BCUT2D eigenvalue weighted by atomic mass is 16.3. The third-order valence-electron chi connectivity index (χ3n) is 7.17.